The van der Waals surface area contributed by atoms with Crippen LogP contribution in [0.25, 0.3) is 11.3 Å². The fourth-order valence-electron chi connectivity index (χ4n) is 3.68. The lowest BCUT2D eigenvalue weighted by Crippen LogP contribution is -2.23. The SMILES string of the molecule is CC(C)(O)c1ccc(N2Cc3c(ccnc3-c3ccc(F)cc3OCC(F)F)C2=O)cc1. The molecule has 32 heavy (non-hydrogen) atoms. The molecule has 166 valence electrons. The molecule has 0 saturated carbocycles. The lowest BCUT2D eigenvalue weighted by molar-refractivity contribution is 0.0786. The molecular weight excluding hydrogens is 421 g/mol. The number of rotatable bonds is 6. The van der Waals surface area contributed by atoms with E-state index in [1.165, 1.54) is 18.3 Å². The summed E-state index contributed by atoms with van der Waals surface area (Å²) in [5.41, 5.74) is 2.05. The molecule has 8 heteroatoms. The molecule has 0 saturated heterocycles. The lowest BCUT2D eigenvalue weighted by Gasteiger charge is -2.20. The van der Waals surface area contributed by atoms with Crippen molar-refractivity contribution in [2.75, 3.05) is 11.5 Å². The molecule has 0 unspecified atom stereocenters. The number of ether oxygens (including phenoxy) is 1. The summed E-state index contributed by atoms with van der Waals surface area (Å²) in [7, 11) is 0. The number of carbonyl (C=O) groups is 1. The number of halogens is 3. The van der Waals surface area contributed by atoms with Gasteiger partial charge in [0, 0.05) is 34.6 Å². The second kappa shape index (κ2) is 8.27. The Morgan fingerprint density at radius 2 is 1.84 bits per heavy atom. The van der Waals surface area contributed by atoms with Gasteiger partial charge in [-0.05, 0) is 49.7 Å². The average Bonchev–Trinajstić information content (AvgIpc) is 3.09. The maximum absolute atomic E-state index is 13.8. The smallest absolute Gasteiger partial charge is 0.272 e. The van der Waals surface area contributed by atoms with Crippen molar-refractivity contribution in [1.29, 1.82) is 0 Å². The molecule has 2 aromatic carbocycles. The molecule has 0 radical (unpaired) electrons. The first-order chi connectivity index (χ1) is 15.1. The van der Waals surface area contributed by atoms with Gasteiger partial charge >= 0.3 is 0 Å². The number of aromatic nitrogens is 1. The van der Waals surface area contributed by atoms with Crippen molar-refractivity contribution >= 4 is 11.6 Å². The van der Waals surface area contributed by atoms with Crippen LogP contribution in [0.5, 0.6) is 5.75 Å². The van der Waals surface area contributed by atoms with Gasteiger partial charge in [0.05, 0.1) is 17.8 Å². The van der Waals surface area contributed by atoms with Gasteiger partial charge in [0.15, 0.2) is 0 Å². The van der Waals surface area contributed by atoms with E-state index in [2.05, 4.69) is 4.98 Å². The molecule has 0 atom stereocenters. The van der Waals surface area contributed by atoms with Crippen LogP contribution in [0, 0.1) is 5.82 Å². The third-order valence-corrected chi connectivity index (χ3v) is 5.30. The Morgan fingerprint density at radius 3 is 2.50 bits per heavy atom. The largest absolute Gasteiger partial charge is 0.487 e. The Morgan fingerprint density at radius 1 is 1.12 bits per heavy atom. The molecule has 5 nitrogen and oxygen atoms in total. The van der Waals surface area contributed by atoms with Gasteiger partial charge in [-0.1, -0.05) is 12.1 Å². The van der Waals surface area contributed by atoms with E-state index in [-0.39, 0.29) is 18.2 Å². The number of fused-ring (bicyclic) bond motifs is 1. The number of amides is 1. The minimum Gasteiger partial charge on any atom is -0.487 e. The van der Waals surface area contributed by atoms with E-state index < -0.39 is 24.5 Å². The Kier molecular flexibility index (Phi) is 5.64. The van der Waals surface area contributed by atoms with Crippen LogP contribution in [0.15, 0.2) is 54.7 Å². The summed E-state index contributed by atoms with van der Waals surface area (Å²) in [5, 5.41) is 10.2. The summed E-state index contributed by atoms with van der Waals surface area (Å²) in [6, 6.07) is 12.2. The second-order valence-corrected chi connectivity index (χ2v) is 8.03. The zero-order chi connectivity index (χ0) is 23.0. The van der Waals surface area contributed by atoms with Crippen LogP contribution in [0.4, 0.5) is 18.9 Å². The van der Waals surface area contributed by atoms with Crippen molar-refractivity contribution in [2.24, 2.45) is 0 Å². The Bertz CT molecular complexity index is 1160. The fraction of sp³-hybridized carbons (Fsp3) is 0.250. The van der Waals surface area contributed by atoms with Gasteiger partial charge in [0.1, 0.15) is 18.2 Å². The third-order valence-electron chi connectivity index (χ3n) is 5.30. The number of carbonyl (C=O) groups excluding carboxylic acids is 1. The zero-order valence-electron chi connectivity index (χ0n) is 17.5. The summed E-state index contributed by atoms with van der Waals surface area (Å²) in [4.78, 5) is 19.0. The maximum atomic E-state index is 13.8. The minimum absolute atomic E-state index is 0.0633. The number of nitrogens with zero attached hydrogens (tertiary/aromatic N) is 2. The van der Waals surface area contributed by atoms with Gasteiger partial charge in [0.2, 0.25) is 0 Å². The molecule has 0 bridgehead atoms. The topological polar surface area (TPSA) is 62.7 Å². The third kappa shape index (κ3) is 4.18. The monoisotopic (exact) mass is 442 g/mol. The first kappa shape index (κ1) is 21.8. The van der Waals surface area contributed by atoms with Gasteiger partial charge in [-0.2, -0.15) is 0 Å². The molecule has 3 aromatic rings. The van der Waals surface area contributed by atoms with Crippen LogP contribution in [0.2, 0.25) is 0 Å². The van der Waals surface area contributed by atoms with Gasteiger partial charge in [-0.15, -0.1) is 0 Å². The number of pyridine rings is 1. The van der Waals surface area contributed by atoms with E-state index >= 15 is 0 Å². The lowest BCUT2D eigenvalue weighted by atomic mass is 9.98. The van der Waals surface area contributed by atoms with Crippen LogP contribution in [0.3, 0.4) is 0 Å². The first-order valence-corrected chi connectivity index (χ1v) is 9.98. The van der Waals surface area contributed by atoms with Gasteiger partial charge < -0.3 is 14.7 Å². The summed E-state index contributed by atoms with van der Waals surface area (Å²) in [5.74, 6) is -0.932. The van der Waals surface area contributed by atoms with E-state index in [4.69, 9.17) is 4.74 Å². The molecule has 2 heterocycles. The van der Waals surface area contributed by atoms with E-state index in [1.807, 2.05) is 0 Å². The summed E-state index contributed by atoms with van der Waals surface area (Å²) < 4.78 is 44.2. The van der Waals surface area contributed by atoms with E-state index in [1.54, 1.807) is 49.1 Å². The summed E-state index contributed by atoms with van der Waals surface area (Å²) in [6.07, 6.45) is -1.27. The Balaban J connectivity index is 1.71. The average molecular weight is 442 g/mol. The number of hydrogen-bond donors (Lipinski definition) is 1. The normalized spacial score (nSPS) is 13.6. The summed E-state index contributed by atoms with van der Waals surface area (Å²) in [6.45, 7) is 2.66. The maximum Gasteiger partial charge on any atom is 0.272 e. The predicted octanol–water partition coefficient (Wildman–Crippen LogP) is 4.92. The molecule has 4 rings (SSSR count). The zero-order valence-corrected chi connectivity index (χ0v) is 17.5. The molecule has 0 aliphatic carbocycles. The molecule has 0 spiro atoms. The fourth-order valence-corrected chi connectivity index (χ4v) is 3.68. The predicted molar refractivity (Wildman–Crippen MR) is 113 cm³/mol. The van der Waals surface area contributed by atoms with Crippen molar-refractivity contribution in [1.82, 2.24) is 4.98 Å². The minimum atomic E-state index is -2.72. The van der Waals surface area contributed by atoms with Crippen LogP contribution in [0.1, 0.15) is 35.3 Å². The highest BCUT2D eigenvalue weighted by Gasteiger charge is 2.32. The molecular formula is C24H21F3N2O3. The Labute approximate surface area is 183 Å². The number of alkyl halides is 2. The molecule has 1 aliphatic heterocycles. The van der Waals surface area contributed by atoms with Crippen molar-refractivity contribution in [3.8, 4) is 17.0 Å². The van der Waals surface area contributed by atoms with Crippen LogP contribution in [-0.2, 0) is 12.1 Å². The quantitative estimate of drug-likeness (QED) is 0.589. The standard InChI is InChI=1S/C24H21F3N2O3/c1-24(2,31)14-3-6-16(7-4-14)29-12-19-17(23(29)30)9-10-28-22(19)18-8-5-15(25)11-20(18)32-13-21(26)27/h3-11,21,31H,12-13H2,1-2H3. The summed E-state index contributed by atoms with van der Waals surface area (Å²) >= 11 is 0. The van der Waals surface area contributed by atoms with Crippen LogP contribution >= 0.6 is 0 Å². The Hall–Kier alpha value is -3.39. The van der Waals surface area contributed by atoms with Crippen molar-refractivity contribution in [3.05, 3.63) is 77.2 Å². The van der Waals surface area contributed by atoms with Crippen LogP contribution in [-0.4, -0.2) is 29.0 Å². The number of hydrogen-bond acceptors (Lipinski definition) is 4. The van der Waals surface area contributed by atoms with Crippen molar-refractivity contribution in [2.45, 2.75) is 32.4 Å². The van der Waals surface area contributed by atoms with E-state index in [0.717, 1.165) is 6.07 Å². The molecule has 1 aromatic heterocycles. The van der Waals surface area contributed by atoms with E-state index in [0.29, 0.717) is 33.6 Å². The number of benzene rings is 2. The van der Waals surface area contributed by atoms with Crippen LogP contribution < -0.4 is 9.64 Å². The van der Waals surface area contributed by atoms with Gasteiger partial charge in [-0.25, -0.2) is 13.2 Å². The number of anilines is 1. The molecule has 0 fully saturated rings. The van der Waals surface area contributed by atoms with Crippen molar-refractivity contribution < 1.29 is 27.8 Å². The second-order valence-electron chi connectivity index (χ2n) is 8.03. The molecule has 1 amide bonds. The highest BCUT2D eigenvalue weighted by Crippen LogP contribution is 2.38. The molecule has 1 N–H and O–H groups in total. The van der Waals surface area contributed by atoms with Gasteiger partial charge in [-0.3, -0.25) is 9.78 Å². The van der Waals surface area contributed by atoms with E-state index in [9.17, 15) is 23.1 Å². The number of aliphatic hydroxyl groups is 1. The highest BCUT2D eigenvalue weighted by atomic mass is 19.3. The highest BCUT2D eigenvalue weighted by molar-refractivity contribution is 6.11. The van der Waals surface area contributed by atoms with Crippen molar-refractivity contribution in [3.63, 3.8) is 0 Å². The molecule has 1 aliphatic rings. The first-order valence-electron chi connectivity index (χ1n) is 9.98. The van der Waals surface area contributed by atoms with Gasteiger partial charge in [0.25, 0.3) is 12.3 Å².